The third-order valence-electron chi connectivity index (χ3n) is 3.89. The van der Waals surface area contributed by atoms with Crippen molar-refractivity contribution < 1.29 is 14.0 Å². The van der Waals surface area contributed by atoms with Crippen LogP contribution in [0.15, 0.2) is 11.6 Å². The maximum Gasteiger partial charge on any atom is 0.330 e. The highest BCUT2D eigenvalue weighted by atomic mass is 28.4. The monoisotopic (exact) mass is 300 g/mol. The van der Waals surface area contributed by atoms with E-state index < -0.39 is 8.32 Å². The van der Waals surface area contributed by atoms with Crippen LogP contribution < -0.4 is 0 Å². The first-order valence-corrected chi connectivity index (χ1v) is 10.5. The van der Waals surface area contributed by atoms with E-state index in [0.717, 1.165) is 31.4 Å². The molecule has 0 amide bonds. The summed E-state index contributed by atoms with van der Waals surface area (Å²) < 4.78 is 11.0. The molecule has 0 aromatic carbocycles. The molecule has 0 aliphatic carbocycles. The standard InChI is InChI=1S/C16H32O3Si/c1-8-18-15(17)13-14(2)11-9-10-12-19-20(6,7)16(3,4)5/h13H,8-12H2,1-7H3/b14-13+. The van der Waals surface area contributed by atoms with Gasteiger partial charge in [-0.3, -0.25) is 0 Å². The molecular weight excluding hydrogens is 268 g/mol. The highest BCUT2D eigenvalue weighted by Gasteiger charge is 2.36. The van der Waals surface area contributed by atoms with Crippen LogP contribution in [0.1, 0.15) is 53.9 Å². The van der Waals surface area contributed by atoms with Crippen LogP contribution in [0.4, 0.5) is 0 Å². The number of rotatable bonds is 8. The molecule has 0 aromatic rings. The summed E-state index contributed by atoms with van der Waals surface area (Å²) in [6.45, 7) is 16.4. The largest absolute Gasteiger partial charge is 0.463 e. The van der Waals surface area contributed by atoms with Gasteiger partial charge in [0, 0.05) is 12.7 Å². The zero-order chi connectivity index (χ0) is 15.8. The van der Waals surface area contributed by atoms with Gasteiger partial charge in [0.15, 0.2) is 8.32 Å². The minimum atomic E-state index is -1.61. The fourth-order valence-electron chi connectivity index (χ4n) is 1.51. The molecule has 0 aliphatic heterocycles. The molecule has 0 aromatic heterocycles. The van der Waals surface area contributed by atoms with E-state index in [0.29, 0.717) is 6.61 Å². The summed E-state index contributed by atoms with van der Waals surface area (Å²) in [6, 6.07) is 0. The van der Waals surface area contributed by atoms with Crippen molar-refractivity contribution in [1.82, 2.24) is 0 Å². The van der Waals surface area contributed by atoms with Crippen LogP contribution >= 0.6 is 0 Å². The Morgan fingerprint density at radius 1 is 1.20 bits per heavy atom. The van der Waals surface area contributed by atoms with E-state index in [1.807, 2.05) is 13.8 Å². The summed E-state index contributed by atoms with van der Waals surface area (Å²) in [5.41, 5.74) is 1.08. The van der Waals surface area contributed by atoms with Crippen LogP contribution in [0.25, 0.3) is 0 Å². The van der Waals surface area contributed by atoms with Crippen molar-refractivity contribution in [1.29, 1.82) is 0 Å². The van der Waals surface area contributed by atoms with Gasteiger partial charge in [-0.1, -0.05) is 26.3 Å². The van der Waals surface area contributed by atoms with Crippen LogP contribution in [0.2, 0.25) is 18.1 Å². The first-order valence-electron chi connectivity index (χ1n) is 7.58. The van der Waals surface area contributed by atoms with Crippen molar-refractivity contribution in [3.8, 4) is 0 Å². The highest BCUT2D eigenvalue weighted by molar-refractivity contribution is 6.74. The number of carbonyl (C=O) groups is 1. The van der Waals surface area contributed by atoms with Crippen molar-refractivity contribution in [2.75, 3.05) is 13.2 Å². The van der Waals surface area contributed by atoms with Gasteiger partial charge in [0.05, 0.1) is 6.61 Å². The molecule has 0 radical (unpaired) electrons. The lowest BCUT2D eigenvalue weighted by atomic mass is 10.1. The zero-order valence-electron chi connectivity index (χ0n) is 14.3. The summed E-state index contributed by atoms with van der Waals surface area (Å²) >= 11 is 0. The van der Waals surface area contributed by atoms with E-state index in [1.165, 1.54) is 0 Å². The number of hydrogen-bond donors (Lipinski definition) is 0. The molecule has 118 valence electrons. The van der Waals surface area contributed by atoms with Crippen LogP contribution in [0.5, 0.6) is 0 Å². The first-order chi connectivity index (χ1) is 9.10. The molecule has 0 atom stereocenters. The van der Waals surface area contributed by atoms with Crippen LogP contribution in [-0.2, 0) is 14.0 Å². The van der Waals surface area contributed by atoms with Crippen LogP contribution in [-0.4, -0.2) is 27.5 Å². The molecule has 0 fully saturated rings. The average Bonchev–Trinajstić information content (AvgIpc) is 2.26. The Hall–Kier alpha value is -0.613. The first kappa shape index (κ1) is 19.4. The van der Waals surface area contributed by atoms with Gasteiger partial charge in [0.1, 0.15) is 0 Å². The van der Waals surface area contributed by atoms with Crippen LogP contribution in [0.3, 0.4) is 0 Å². The van der Waals surface area contributed by atoms with Gasteiger partial charge in [-0.15, -0.1) is 0 Å². The fraction of sp³-hybridized carbons (Fsp3) is 0.812. The smallest absolute Gasteiger partial charge is 0.330 e. The molecule has 20 heavy (non-hydrogen) atoms. The van der Waals surface area contributed by atoms with Gasteiger partial charge in [-0.05, 0) is 51.2 Å². The van der Waals surface area contributed by atoms with Crippen molar-refractivity contribution >= 4 is 14.3 Å². The minimum absolute atomic E-state index is 0.234. The molecule has 0 bridgehead atoms. The maximum absolute atomic E-state index is 11.3. The molecule has 0 heterocycles. The van der Waals surface area contributed by atoms with Gasteiger partial charge in [0.2, 0.25) is 0 Å². The normalized spacial score (nSPS) is 13.4. The Balaban J connectivity index is 3.91. The van der Waals surface area contributed by atoms with Crippen molar-refractivity contribution in [3.63, 3.8) is 0 Å². The second-order valence-electron chi connectivity index (χ2n) is 6.81. The summed E-state index contributed by atoms with van der Waals surface area (Å²) in [5, 5.41) is 0.271. The molecular formula is C16H32O3Si. The van der Waals surface area contributed by atoms with Crippen molar-refractivity contribution in [2.24, 2.45) is 0 Å². The lowest BCUT2D eigenvalue weighted by Gasteiger charge is -2.36. The molecule has 3 nitrogen and oxygen atoms in total. The average molecular weight is 301 g/mol. The predicted molar refractivity (Wildman–Crippen MR) is 87.4 cm³/mol. The summed E-state index contributed by atoms with van der Waals surface area (Å²) in [4.78, 5) is 11.3. The third kappa shape index (κ3) is 7.85. The Morgan fingerprint density at radius 2 is 1.80 bits per heavy atom. The summed E-state index contributed by atoms with van der Waals surface area (Å²) in [5.74, 6) is -0.234. The Kier molecular flexibility index (Phi) is 8.36. The number of allylic oxidation sites excluding steroid dienone is 1. The zero-order valence-corrected chi connectivity index (χ0v) is 15.3. The van der Waals surface area contributed by atoms with E-state index >= 15 is 0 Å². The molecule has 0 rings (SSSR count). The fourth-order valence-corrected chi connectivity index (χ4v) is 2.59. The number of hydrogen-bond acceptors (Lipinski definition) is 3. The molecule has 0 aliphatic rings. The summed E-state index contributed by atoms with van der Waals surface area (Å²) in [7, 11) is -1.61. The van der Waals surface area contributed by atoms with Crippen LogP contribution in [0, 0.1) is 0 Å². The van der Waals surface area contributed by atoms with Gasteiger partial charge < -0.3 is 9.16 Å². The molecule has 0 saturated carbocycles. The highest BCUT2D eigenvalue weighted by Crippen LogP contribution is 2.36. The lowest BCUT2D eigenvalue weighted by molar-refractivity contribution is -0.137. The van der Waals surface area contributed by atoms with E-state index in [1.54, 1.807) is 6.08 Å². The summed E-state index contributed by atoms with van der Waals surface area (Å²) in [6.07, 6.45) is 4.62. The maximum atomic E-state index is 11.3. The van der Waals surface area contributed by atoms with Gasteiger partial charge in [0.25, 0.3) is 0 Å². The quantitative estimate of drug-likeness (QED) is 0.282. The second-order valence-corrected chi connectivity index (χ2v) is 11.6. The van der Waals surface area contributed by atoms with Gasteiger partial charge >= 0.3 is 5.97 Å². The van der Waals surface area contributed by atoms with E-state index in [2.05, 4.69) is 33.9 Å². The van der Waals surface area contributed by atoms with E-state index in [-0.39, 0.29) is 11.0 Å². The van der Waals surface area contributed by atoms with Crippen molar-refractivity contribution in [3.05, 3.63) is 11.6 Å². The van der Waals surface area contributed by atoms with Crippen molar-refractivity contribution in [2.45, 2.75) is 72.0 Å². The number of unbranched alkanes of at least 4 members (excludes halogenated alkanes) is 1. The topological polar surface area (TPSA) is 35.5 Å². The SMILES string of the molecule is CCOC(=O)/C=C(\C)CCCCO[Si](C)(C)C(C)(C)C. The lowest BCUT2D eigenvalue weighted by Crippen LogP contribution is -2.40. The second kappa shape index (κ2) is 8.62. The van der Waals surface area contributed by atoms with Gasteiger partial charge in [-0.25, -0.2) is 4.79 Å². The number of esters is 1. The van der Waals surface area contributed by atoms with E-state index in [9.17, 15) is 4.79 Å². The Bertz CT molecular complexity index is 327. The predicted octanol–water partition coefficient (Wildman–Crippen LogP) is 4.69. The molecule has 0 unspecified atom stereocenters. The molecule has 0 N–H and O–H groups in total. The molecule has 0 spiro atoms. The molecule has 0 saturated heterocycles. The Labute approximate surface area is 125 Å². The number of carbonyl (C=O) groups excluding carboxylic acids is 1. The minimum Gasteiger partial charge on any atom is -0.463 e. The third-order valence-corrected chi connectivity index (χ3v) is 8.42. The number of ether oxygens (including phenoxy) is 1. The van der Waals surface area contributed by atoms with E-state index in [4.69, 9.17) is 9.16 Å². The molecule has 4 heteroatoms. The Morgan fingerprint density at radius 3 is 2.30 bits per heavy atom. The van der Waals surface area contributed by atoms with Gasteiger partial charge in [-0.2, -0.15) is 0 Å².